The lowest BCUT2D eigenvalue weighted by Gasteiger charge is -2.10. The molecule has 5 nitrogen and oxygen atoms in total. The maximum atomic E-state index is 12.1. The molecule has 0 spiro atoms. The molecule has 0 aliphatic carbocycles. The number of halogens is 3. The average Bonchev–Trinajstić information content (AvgIpc) is 2.55. The molecule has 0 fully saturated rings. The first kappa shape index (κ1) is 17.5. The second kappa shape index (κ2) is 8.13. The van der Waals surface area contributed by atoms with E-state index in [1.54, 1.807) is 24.3 Å². The van der Waals surface area contributed by atoms with Crippen molar-refractivity contribution in [1.82, 2.24) is 0 Å². The van der Waals surface area contributed by atoms with Gasteiger partial charge in [0.2, 0.25) is 5.91 Å². The number of nitrogens with one attached hydrogen (secondary N) is 2. The van der Waals surface area contributed by atoms with Crippen molar-refractivity contribution in [1.29, 1.82) is 5.26 Å². The normalized spacial score (nSPS) is 10.1. The number of anilines is 2. The van der Waals surface area contributed by atoms with Gasteiger partial charge in [0.25, 0.3) is 0 Å². The van der Waals surface area contributed by atoms with Crippen molar-refractivity contribution in [3.8, 4) is 11.8 Å². The van der Waals surface area contributed by atoms with Crippen LogP contribution in [0.1, 0.15) is 5.56 Å². The zero-order valence-corrected chi connectivity index (χ0v) is 13.0. The number of carbonyl (C=O) groups is 1. The van der Waals surface area contributed by atoms with Crippen LogP contribution in [0, 0.1) is 11.3 Å². The molecule has 0 radical (unpaired) electrons. The Morgan fingerprint density at radius 1 is 1.25 bits per heavy atom. The van der Waals surface area contributed by atoms with Gasteiger partial charge in [0.1, 0.15) is 5.75 Å². The van der Waals surface area contributed by atoms with E-state index in [2.05, 4.69) is 15.4 Å². The summed E-state index contributed by atoms with van der Waals surface area (Å²) in [7, 11) is 0. The Labute approximate surface area is 141 Å². The quantitative estimate of drug-likeness (QED) is 0.828. The van der Waals surface area contributed by atoms with Crippen molar-refractivity contribution in [2.45, 2.75) is 6.61 Å². The maximum absolute atomic E-state index is 12.1. The molecule has 0 atom stereocenters. The summed E-state index contributed by atoms with van der Waals surface area (Å²) < 4.78 is 28.5. The Kier molecular flexibility index (Phi) is 5.93. The largest absolute Gasteiger partial charge is 0.433 e. The summed E-state index contributed by atoms with van der Waals surface area (Å²) in [6, 6.07) is 12.6. The molecule has 0 bridgehead atoms. The van der Waals surface area contributed by atoms with E-state index in [0.717, 1.165) is 0 Å². The number of rotatable bonds is 6. The molecule has 0 unspecified atom stereocenters. The minimum Gasteiger partial charge on any atom is -0.433 e. The van der Waals surface area contributed by atoms with Crippen molar-refractivity contribution < 1.29 is 18.3 Å². The lowest BCUT2D eigenvalue weighted by molar-refractivity contribution is -0.114. The highest BCUT2D eigenvalue weighted by Crippen LogP contribution is 2.28. The molecular formula is C16H12ClF2N3O2. The number of nitriles is 1. The van der Waals surface area contributed by atoms with Crippen LogP contribution < -0.4 is 15.4 Å². The topological polar surface area (TPSA) is 74.2 Å². The number of hydrogen-bond acceptors (Lipinski definition) is 4. The van der Waals surface area contributed by atoms with Crippen LogP contribution in [0.4, 0.5) is 20.2 Å². The predicted octanol–water partition coefficient (Wildman–Crippen LogP) is 3.86. The van der Waals surface area contributed by atoms with Crippen LogP contribution >= 0.6 is 11.6 Å². The summed E-state index contributed by atoms with van der Waals surface area (Å²) in [4.78, 5) is 11.9. The van der Waals surface area contributed by atoms with E-state index >= 15 is 0 Å². The minimum absolute atomic E-state index is 0.00225. The van der Waals surface area contributed by atoms with Crippen molar-refractivity contribution in [2.24, 2.45) is 0 Å². The van der Waals surface area contributed by atoms with Gasteiger partial charge in [-0.15, -0.1) is 0 Å². The van der Waals surface area contributed by atoms with Crippen LogP contribution in [0.15, 0.2) is 42.5 Å². The van der Waals surface area contributed by atoms with E-state index in [1.807, 2.05) is 6.07 Å². The van der Waals surface area contributed by atoms with Crippen LogP contribution in [-0.2, 0) is 4.79 Å². The number of ether oxygens (including phenoxy) is 1. The van der Waals surface area contributed by atoms with Crippen molar-refractivity contribution in [2.75, 3.05) is 17.2 Å². The van der Waals surface area contributed by atoms with Crippen LogP contribution in [0.5, 0.6) is 5.75 Å². The number of nitrogens with zero attached hydrogens (tertiary/aromatic N) is 1. The van der Waals surface area contributed by atoms with Crippen molar-refractivity contribution >= 4 is 28.9 Å². The van der Waals surface area contributed by atoms with Gasteiger partial charge in [-0.2, -0.15) is 14.0 Å². The molecule has 0 heterocycles. The Hall–Kier alpha value is -2.85. The van der Waals surface area contributed by atoms with Crippen molar-refractivity contribution in [3.05, 3.63) is 53.1 Å². The van der Waals surface area contributed by atoms with Crippen LogP contribution in [0.25, 0.3) is 0 Å². The molecule has 2 aromatic rings. The third kappa shape index (κ3) is 5.11. The molecule has 124 valence electrons. The molecule has 0 saturated carbocycles. The highest BCUT2D eigenvalue weighted by atomic mass is 35.5. The minimum atomic E-state index is -2.96. The third-order valence-corrected chi connectivity index (χ3v) is 3.17. The van der Waals surface area contributed by atoms with Gasteiger partial charge in [-0.25, -0.2) is 0 Å². The molecule has 24 heavy (non-hydrogen) atoms. The lowest BCUT2D eigenvalue weighted by Crippen LogP contribution is -2.21. The Morgan fingerprint density at radius 2 is 2.04 bits per heavy atom. The first-order valence-corrected chi connectivity index (χ1v) is 7.14. The first-order valence-electron chi connectivity index (χ1n) is 6.76. The van der Waals surface area contributed by atoms with Gasteiger partial charge in [0.15, 0.2) is 0 Å². The van der Waals surface area contributed by atoms with Crippen molar-refractivity contribution in [3.63, 3.8) is 0 Å². The molecule has 8 heteroatoms. The van der Waals surface area contributed by atoms with E-state index in [9.17, 15) is 13.6 Å². The number of alkyl halides is 2. The Morgan fingerprint density at radius 3 is 2.71 bits per heavy atom. The third-order valence-electron chi connectivity index (χ3n) is 2.88. The van der Waals surface area contributed by atoms with E-state index in [1.165, 1.54) is 18.2 Å². The van der Waals surface area contributed by atoms with E-state index in [4.69, 9.17) is 16.9 Å². The van der Waals surface area contributed by atoms with Gasteiger partial charge in [-0.1, -0.05) is 17.7 Å². The summed E-state index contributed by atoms with van der Waals surface area (Å²) in [6.45, 7) is -3.03. The van der Waals surface area contributed by atoms with E-state index in [0.29, 0.717) is 16.9 Å². The summed E-state index contributed by atoms with van der Waals surface area (Å²) in [5.74, 6) is -0.482. The summed E-state index contributed by atoms with van der Waals surface area (Å²) in [6.07, 6.45) is 0. The molecule has 0 saturated heterocycles. The second-order valence-electron chi connectivity index (χ2n) is 4.62. The fraction of sp³-hybridized carbons (Fsp3) is 0.125. The van der Waals surface area contributed by atoms with Gasteiger partial charge < -0.3 is 15.4 Å². The van der Waals surface area contributed by atoms with Crippen LogP contribution in [0.2, 0.25) is 5.02 Å². The average molecular weight is 352 g/mol. The van der Waals surface area contributed by atoms with Gasteiger partial charge in [0, 0.05) is 11.4 Å². The molecule has 0 aliphatic heterocycles. The fourth-order valence-electron chi connectivity index (χ4n) is 1.86. The zero-order chi connectivity index (χ0) is 17.5. The molecule has 1 amide bonds. The molecule has 2 aromatic carbocycles. The van der Waals surface area contributed by atoms with Crippen LogP contribution in [0.3, 0.4) is 0 Å². The van der Waals surface area contributed by atoms with E-state index in [-0.39, 0.29) is 23.2 Å². The second-order valence-corrected chi connectivity index (χ2v) is 5.03. The molecular weight excluding hydrogens is 340 g/mol. The number of carbonyl (C=O) groups excluding carboxylic acids is 1. The molecule has 0 aromatic heterocycles. The highest BCUT2D eigenvalue weighted by molar-refractivity contribution is 6.32. The monoisotopic (exact) mass is 351 g/mol. The van der Waals surface area contributed by atoms with Crippen LogP contribution in [-0.4, -0.2) is 19.1 Å². The summed E-state index contributed by atoms with van der Waals surface area (Å²) in [5, 5.41) is 14.2. The molecule has 0 aliphatic rings. The Bertz CT molecular complexity index is 778. The molecule has 2 rings (SSSR count). The number of hydrogen-bond donors (Lipinski definition) is 2. The van der Waals surface area contributed by atoms with Gasteiger partial charge in [0.05, 0.1) is 23.2 Å². The van der Waals surface area contributed by atoms with Gasteiger partial charge in [-0.3, -0.25) is 4.79 Å². The zero-order valence-electron chi connectivity index (χ0n) is 12.2. The SMILES string of the molecule is N#Cc1cccc(NC(=O)CNc2ccc(OC(F)F)c(Cl)c2)c1. The predicted molar refractivity (Wildman–Crippen MR) is 86.4 cm³/mol. The highest BCUT2D eigenvalue weighted by Gasteiger charge is 2.09. The summed E-state index contributed by atoms with van der Waals surface area (Å²) in [5.41, 5.74) is 1.41. The number of benzene rings is 2. The lowest BCUT2D eigenvalue weighted by atomic mass is 10.2. The van der Waals surface area contributed by atoms with Gasteiger partial charge >= 0.3 is 6.61 Å². The fourth-order valence-corrected chi connectivity index (χ4v) is 2.08. The smallest absolute Gasteiger partial charge is 0.387 e. The van der Waals surface area contributed by atoms with E-state index < -0.39 is 6.61 Å². The van der Waals surface area contributed by atoms with Gasteiger partial charge in [-0.05, 0) is 36.4 Å². The first-order chi connectivity index (χ1) is 11.5. The number of amides is 1. The maximum Gasteiger partial charge on any atom is 0.387 e. The molecule has 2 N–H and O–H groups in total. The standard InChI is InChI=1S/C16H12ClF2N3O2/c17-13-7-11(4-5-14(13)24-16(18)19)21-9-15(23)22-12-3-1-2-10(6-12)8-20/h1-7,16,21H,9H2,(H,22,23). The summed E-state index contributed by atoms with van der Waals surface area (Å²) >= 11 is 5.82. The Balaban J connectivity index is 1.92.